The van der Waals surface area contributed by atoms with Gasteiger partial charge in [-0.05, 0) is 26.8 Å². The van der Waals surface area contributed by atoms with Gasteiger partial charge in [0, 0.05) is 36.6 Å². The average Bonchev–Trinajstić information content (AvgIpc) is 2.97. The zero-order chi connectivity index (χ0) is 14.7. The van der Waals surface area contributed by atoms with Gasteiger partial charge in [0.05, 0.1) is 11.9 Å². The van der Waals surface area contributed by atoms with Crippen molar-refractivity contribution in [3.63, 3.8) is 0 Å². The summed E-state index contributed by atoms with van der Waals surface area (Å²) >= 11 is 0. The maximum atomic E-state index is 12.6. The predicted molar refractivity (Wildman–Crippen MR) is 71.4 cm³/mol. The second-order valence-electron chi connectivity index (χ2n) is 4.94. The van der Waals surface area contributed by atoms with Crippen LogP contribution in [0.25, 0.3) is 0 Å². The van der Waals surface area contributed by atoms with Crippen LogP contribution in [0.15, 0.2) is 18.5 Å². The molecule has 0 atom stereocenters. The number of alkyl halides is 2. The molecule has 0 aromatic carbocycles. The summed E-state index contributed by atoms with van der Waals surface area (Å²) in [4.78, 5) is 0. The van der Waals surface area contributed by atoms with Gasteiger partial charge in [0.25, 0.3) is 0 Å². The van der Waals surface area contributed by atoms with Crippen LogP contribution < -0.4 is 5.32 Å². The van der Waals surface area contributed by atoms with E-state index in [-0.39, 0.29) is 0 Å². The van der Waals surface area contributed by atoms with Crippen LogP contribution in [-0.2, 0) is 13.1 Å². The molecule has 0 aliphatic carbocycles. The summed E-state index contributed by atoms with van der Waals surface area (Å²) in [6.45, 7) is 4.47. The molecule has 2 aromatic rings. The van der Waals surface area contributed by atoms with Crippen LogP contribution in [0.1, 0.15) is 43.4 Å². The molecule has 2 rings (SSSR count). The van der Waals surface area contributed by atoms with Crippen LogP contribution in [0.5, 0.6) is 0 Å². The first kappa shape index (κ1) is 14.6. The molecule has 0 bridgehead atoms. The number of nitrogens with zero attached hydrogens (tertiary/aromatic N) is 4. The Balaban J connectivity index is 1.95. The van der Waals surface area contributed by atoms with Gasteiger partial charge >= 0.3 is 6.55 Å². The van der Waals surface area contributed by atoms with E-state index < -0.39 is 6.55 Å². The number of hydrogen-bond donors (Lipinski definition) is 1. The van der Waals surface area contributed by atoms with Gasteiger partial charge in [0.1, 0.15) is 0 Å². The van der Waals surface area contributed by atoms with Crippen molar-refractivity contribution in [2.24, 2.45) is 0 Å². The van der Waals surface area contributed by atoms with E-state index in [1.54, 1.807) is 6.07 Å². The molecule has 0 aliphatic heterocycles. The van der Waals surface area contributed by atoms with Crippen molar-refractivity contribution in [3.05, 3.63) is 35.4 Å². The third-order valence-electron chi connectivity index (χ3n) is 3.19. The minimum absolute atomic E-state index is 0.309. The van der Waals surface area contributed by atoms with Gasteiger partial charge in [-0.3, -0.25) is 4.68 Å². The molecular formula is C13H19F2N5. The van der Waals surface area contributed by atoms with Crippen molar-refractivity contribution in [1.29, 1.82) is 0 Å². The van der Waals surface area contributed by atoms with E-state index in [0.29, 0.717) is 24.8 Å². The van der Waals surface area contributed by atoms with Gasteiger partial charge in [0.2, 0.25) is 0 Å². The second-order valence-corrected chi connectivity index (χ2v) is 4.94. The summed E-state index contributed by atoms with van der Waals surface area (Å²) in [6.07, 6.45) is 3.19. The van der Waals surface area contributed by atoms with Crippen LogP contribution in [-0.4, -0.2) is 19.6 Å². The highest BCUT2D eigenvalue weighted by atomic mass is 19.3. The van der Waals surface area contributed by atoms with Gasteiger partial charge in [0.15, 0.2) is 0 Å². The van der Waals surface area contributed by atoms with Crippen molar-refractivity contribution >= 4 is 0 Å². The Hall–Kier alpha value is -1.76. The van der Waals surface area contributed by atoms with Gasteiger partial charge in [-0.2, -0.15) is 19.0 Å². The topological polar surface area (TPSA) is 47.7 Å². The highest BCUT2D eigenvalue weighted by molar-refractivity contribution is 5.16. The fourth-order valence-corrected chi connectivity index (χ4v) is 2.14. The van der Waals surface area contributed by atoms with Gasteiger partial charge in [-0.15, -0.1) is 0 Å². The third-order valence-corrected chi connectivity index (χ3v) is 3.19. The Labute approximate surface area is 116 Å². The lowest BCUT2D eigenvalue weighted by molar-refractivity contribution is 0.0531. The summed E-state index contributed by atoms with van der Waals surface area (Å²) in [7, 11) is 0. The smallest absolute Gasteiger partial charge is 0.307 e. The number of hydrogen-bond acceptors (Lipinski definition) is 3. The van der Waals surface area contributed by atoms with Crippen LogP contribution in [0.2, 0.25) is 0 Å². The molecule has 0 spiro atoms. The Kier molecular flexibility index (Phi) is 4.49. The SMILES string of the molecule is Cc1c(CNCc2ccnn2C(F)F)cnn1C(C)C. The van der Waals surface area contributed by atoms with E-state index in [1.165, 1.54) is 6.20 Å². The van der Waals surface area contributed by atoms with Crippen LogP contribution in [0.3, 0.4) is 0 Å². The van der Waals surface area contributed by atoms with Crippen molar-refractivity contribution in [2.75, 3.05) is 0 Å². The van der Waals surface area contributed by atoms with Gasteiger partial charge in [-0.25, -0.2) is 4.68 Å². The molecule has 0 amide bonds. The number of rotatable bonds is 6. The van der Waals surface area contributed by atoms with E-state index in [4.69, 9.17) is 0 Å². The van der Waals surface area contributed by atoms with Crippen molar-refractivity contribution in [1.82, 2.24) is 24.9 Å². The standard InChI is InChI=1S/C13H19F2N5/c1-9(2)19-10(3)11(7-18-19)6-16-8-12-4-5-17-20(12)13(14)15/h4-5,7,9,13,16H,6,8H2,1-3H3. The Morgan fingerprint density at radius 3 is 2.55 bits per heavy atom. The summed E-state index contributed by atoms with van der Waals surface area (Å²) in [5.41, 5.74) is 2.63. The summed E-state index contributed by atoms with van der Waals surface area (Å²) in [6, 6.07) is 1.90. The molecule has 1 N–H and O–H groups in total. The Morgan fingerprint density at radius 1 is 1.20 bits per heavy atom. The number of nitrogens with one attached hydrogen (secondary N) is 1. The first-order valence-corrected chi connectivity index (χ1v) is 6.55. The second kappa shape index (κ2) is 6.13. The first-order valence-electron chi connectivity index (χ1n) is 6.55. The summed E-state index contributed by atoms with van der Waals surface area (Å²) < 4.78 is 27.9. The monoisotopic (exact) mass is 283 g/mol. The molecule has 0 fully saturated rings. The van der Waals surface area contributed by atoms with Crippen molar-refractivity contribution < 1.29 is 8.78 Å². The largest absolute Gasteiger partial charge is 0.333 e. The molecule has 2 heterocycles. The molecule has 7 heteroatoms. The van der Waals surface area contributed by atoms with Crippen molar-refractivity contribution in [3.8, 4) is 0 Å². The predicted octanol–water partition coefficient (Wildman–Crippen LogP) is 2.65. The summed E-state index contributed by atoms with van der Waals surface area (Å²) in [5, 5.41) is 11.1. The van der Waals surface area contributed by atoms with E-state index >= 15 is 0 Å². The zero-order valence-corrected chi connectivity index (χ0v) is 11.8. The lowest BCUT2D eigenvalue weighted by atomic mass is 10.2. The van der Waals surface area contributed by atoms with Gasteiger partial charge in [-0.1, -0.05) is 0 Å². The molecular weight excluding hydrogens is 264 g/mol. The van der Waals surface area contributed by atoms with Crippen LogP contribution in [0.4, 0.5) is 8.78 Å². The third kappa shape index (κ3) is 3.04. The van der Waals surface area contributed by atoms with Crippen LogP contribution >= 0.6 is 0 Å². The highest BCUT2D eigenvalue weighted by Gasteiger charge is 2.12. The van der Waals surface area contributed by atoms with E-state index in [2.05, 4.69) is 29.4 Å². The lowest BCUT2D eigenvalue weighted by Gasteiger charge is -2.10. The maximum absolute atomic E-state index is 12.6. The number of aromatic nitrogens is 4. The quantitative estimate of drug-likeness (QED) is 0.886. The molecule has 5 nitrogen and oxygen atoms in total. The molecule has 0 saturated heterocycles. The molecule has 0 radical (unpaired) electrons. The minimum atomic E-state index is -2.60. The fraction of sp³-hybridized carbons (Fsp3) is 0.538. The summed E-state index contributed by atoms with van der Waals surface area (Å²) in [5.74, 6) is 0. The van der Waals surface area contributed by atoms with E-state index in [9.17, 15) is 8.78 Å². The van der Waals surface area contributed by atoms with Gasteiger partial charge < -0.3 is 5.32 Å². The highest BCUT2D eigenvalue weighted by Crippen LogP contribution is 2.14. The molecule has 110 valence electrons. The fourth-order valence-electron chi connectivity index (χ4n) is 2.14. The number of halogens is 2. The maximum Gasteiger partial charge on any atom is 0.333 e. The lowest BCUT2D eigenvalue weighted by Crippen LogP contribution is -2.17. The molecule has 0 saturated carbocycles. The molecule has 0 aliphatic rings. The average molecular weight is 283 g/mol. The Morgan fingerprint density at radius 2 is 1.95 bits per heavy atom. The van der Waals surface area contributed by atoms with E-state index in [1.807, 2.05) is 17.8 Å². The van der Waals surface area contributed by atoms with Crippen molar-refractivity contribution in [2.45, 2.75) is 46.5 Å². The minimum Gasteiger partial charge on any atom is -0.307 e. The normalized spacial score (nSPS) is 11.8. The Bertz CT molecular complexity index is 559. The zero-order valence-electron chi connectivity index (χ0n) is 11.8. The molecule has 2 aromatic heterocycles. The first-order chi connectivity index (χ1) is 9.50. The van der Waals surface area contributed by atoms with Crippen LogP contribution in [0, 0.1) is 6.92 Å². The van der Waals surface area contributed by atoms with E-state index in [0.717, 1.165) is 15.9 Å². The molecule has 20 heavy (non-hydrogen) atoms. The molecule has 0 unspecified atom stereocenters.